The maximum absolute atomic E-state index is 15.1. The van der Waals surface area contributed by atoms with Crippen LogP contribution in [0.1, 0.15) is 172 Å². The van der Waals surface area contributed by atoms with Gasteiger partial charge in [-0.25, -0.2) is 0 Å². The Labute approximate surface area is 299 Å². The van der Waals surface area contributed by atoms with Gasteiger partial charge in [0.2, 0.25) is 0 Å². The third-order valence-corrected chi connectivity index (χ3v) is 12.8. The van der Waals surface area contributed by atoms with Gasteiger partial charge in [0, 0.05) is 11.1 Å². The van der Waals surface area contributed by atoms with Crippen LogP contribution in [-0.2, 0) is 29.9 Å². The maximum atomic E-state index is 15.1. The topological polar surface area (TPSA) is 79.3 Å². The summed E-state index contributed by atoms with van der Waals surface area (Å²) >= 11 is 0. The minimum absolute atomic E-state index is 0.0761. The number of rotatable bonds is 9. The van der Waals surface area contributed by atoms with Gasteiger partial charge in [-0.15, -0.1) is 0 Å². The fourth-order valence-corrected chi connectivity index (χ4v) is 7.94. The van der Waals surface area contributed by atoms with E-state index in [2.05, 4.69) is 127 Å². The van der Waals surface area contributed by atoms with Crippen LogP contribution in [-0.4, -0.2) is 75.3 Å². The maximum Gasteiger partial charge on any atom is 0.326 e. The quantitative estimate of drug-likeness (QED) is 0.206. The number of nitrogens with zero attached hydrogens (tertiary/aromatic N) is 2. The molecule has 0 bridgehead atoms. The number of hydrogen-bond donors (Lipinski definition) is 1. The molecule has 0 aromatic heterocycles. The van der Waals surface area contributed by atoms with Crippen molar-refractivity contribution in [2.45, 2.75) is 200 Å². The number of unbranched alkanes of at least 4 members (excludes halogenated alkanes) is 1. The number of likely N-dealkylation sites (N-methyl/N-ethyl adjacent to an activating group) is 2. The minimum Gasteiger partial charge on any atom is -0.459 e. The average Bonchev–Trinajstić information content (AvgIpc) is 2.97. The number of aliphatic hydroxyl groups is 1. The average molecular weight is 685 g/mol. The molecule has 2 saturated heterocycles. The van der Waals surface area contributed by atoms with Gasteiger partial charge in [-0.05, 0) is 129 Å². The van der Waals surface area contributed by atoms with Gasteiger partial charge in [0.05, 0.1) is 11.1 Å². The van der Waals surface area contributed by atoms with Gasteiger partial charge in [0.15, 0.2) is 5.41 Å². The van der Waals surface area contributed by atoms with Crippen molar-refractivity contribution in [1.29, 1.82) is 0 Å². The highest BCUT2D eigenvalue weighted by atomic mass is 16.6. The third-order valence-electron chi connectivity index (χ3n) is 12.8. The summed E-state index contributed by atoms with van der Waals surface area (Å²) in [6.07, 6.45) is 1.99. The molecule has 0 aliphatic carbocycles. The molecule has 3 unspecified atom stereocenters. The summed E-state index contributed by atoms with van der Waals surface area (Å²) in [5, 5.41) is 12.7. The minimum atomic E-state index is -1.95. The molecule has 2 fully saturated rings. The fourth-order valence-electron chi connectivity index (χ4n) is 7.94. The van der Waals surface area contributed by atoms with Crippen LogP contribution in [0.15, 0.2) is 18.2 Å². The van der Waals surface area contributed by atoms with Crippen molar-refractivity contribution < 1.29 is 24.2 Å². The lowest BCUT2D eigenvalue weighted by atomic mass is 9.71. The van der Waals surface area contributed by atoms with Crippen LogP contribution in [0.4, 0.5) is 0 Å². The fraction of sp³-hybridized carbons (Fsp3) is 0.810. The first-order valence-corrected chi connectivity index (χ1v) is 18.8. The summed E-state index contributed by atoms with van der Waals surface area (Å²) in [6.45, 7) is 32.1. The van der Waals surface area contributed by atoms with E-state index in [-0.39, 0.29) is 28.3 Å². The highest BCUT2D eigenvalue weighted by Gasteiger charge is 2.59. The zero-order valence-corrected chi connectivity index (χ0v) is 34.4. The molecule has 1 aromatic rings. The lowest BCUT2D eigenvalue weighted by molar-refractivity contribution is -0.205. The van der Waals surface area contributed by atoms with Crippen LogP contribution in [0.3, 0.4) is 0 Å². The Hall–Kier alpha value is -1.96. The van der Waals surface area contributed by atoms with Gasteiger partial charge in [-0.1, -0.05) is 79.5 Å². The first-order valence-electron chi connectivity index (χ1n) is 18.8. The summed E-state index contributed by atoms with van der Waals surface area (Å²) in [5.41, 5.74) is -0.923. The molecular formula is C42H72N2O5. The lowest BCUT2D eigenvalue weighted by Crippen LogP contribution is -2.65. The summed E-state index contributed by atoms with van der Waals surface area (Å²) in [7, 11) is 4.14. The summed E-state index contributed by atoms with van der Waals surface area (Å²) in [5.74, 6) is -1.38. The van der Waals surface area contributed by atoms with Gasteiger partial charge >= 0.3 is 11.9 Å². The first-order chi connectivity index (χ1) is 22.1. The molecule has 1 N–H and O–H groups in total. The Morgan fingerprint density at radius 1 is 0.755 bits per heavy atom. The molecule has 0 spiro atoms. The van der Waals surface area contributed by atoms with Crippen molar-refractivity contribution in [2.24, 2.45) is 5.41 Å². The molecule has 3 rings (SSSR count). The van der Waals surface area contributed by atoms with Crippen molar-refractivity contribution in [1.82, 2.24) is 9.80 Å². The van der Waals surface area contributed by atoms with Crippen molar-refractivity contribution >= 4 is 11.9 Å². The largest absolute Gasteiger partial charge is 0.459 e. The lowest BCUT2D eigenvalue weighted by Gasteiger charge is -2.55. The van der Waals surface area contributed by atoms with Crippen LogP contribution in [0.25, 0.3) is 0 Å². The molecule has 2 heterocycles. The van der Waals surface area contributed by atoms with Crippen LogP contribution in [0.2, 0.25) is 0 Å². The smallest absolute Gasteiger partial charge is 0.326 e. The number of esters is 2. The van der Waals surface area contributed by atoms with Crippen LogP contribution < -0.4 is 0 Å². The van der Waals surface area contributed by atoms with E-state index < -0.39 is 46.7 Å². The van der Waals surface area contributed by atoms with E-state index in [1.807, 2.05) is 19.1 Å². The SMILES string of the molecule is CCCCC(C(=O)OC1CCC(C)(C)N(C)C1(C)C)(C(=O)OC1CCC(C)(C)N(C)C1(C)C)C(O)c1cc(C(C)(C)C)cc(C(C)(C)C)c1. The van der Waals surface area contributed by atoms with E-state index in [1.54, 1.807) is 0 Å². The van der Waals surface area contributed by atoms with Crippen molar-refractivity contribution in [2.75, 3.05) is 14.1 Å². The van der Waals surface area contributed by atoms with Crippen molar-refractivity contribution in [3.05, 3.63) is 34.9 Å². The van der Waals surface area contributed by atoms with Gasteiger partial charge in [-0.2, -0.15) is 0 Å². The Morgan fingerprint density at radius 3 is 1.45 bits per heavy atom. The summed E-state index contributed by atoms with van der Waals surface area (Å²) < 4.78 is 13.1. The van der Waals surface area contributed by atoms with E-state index in [1.165, 1.54) is 0 Å². The van der Waals surface area contributed by atoms with Crippen LogP contribution in [0, 0.1) is 5.41 Å². The number of piperidine rings is 2. The number of carbonyl (C=O) groups excluding carboxylic acids is 2. The van der Waals surface area contributed by atoms with Crippen LogP contribution >= 0.6 is 0 Å². The molecular weight excluding hydrogens is 612 g/mol. The van der Waals surface area contributed by atoms with E-state index in [9.17, 15) is 5.11 Å². The molecule has 2 aliphatic heterocycles. The zero-order valence-electron chi connectivity index (χ0n) is 34.4. The summed E-state index contributed by atoms with van der Waals surface area (Å²) in [6, 6.07) is 6.14. The molecule has 1 aromatic carbocycles. The Morgan fingerprint density at radius 2 is 1.12 bits per heavy atom. The molecule has 7 heteroatoms. The normalized spacial score (nSPS) is 26.0. The molecule has 7 nitrogen and oxygen atoms in total. The predicted molar refractivity (Wildman–Crippen MR) is 201 cm³/mol. The number of likely N-dealkylation sites (tertiary alicyclic amines) is 2. The van der Waals surface area contributed by atoms with Gasteiger partial charge in [0.1, 0.15) is 18.3 Å². The number of benzene rings is 1. The summed E-state index contributed by atoms with van der Waals surface area (Å²) in [4.78, 5) is 34.7. The van der Waals surface area contributed by atoms with E-state index in [0.717, 1.165) is 30.4 Å². The second-order valence-corrected chi connectivity index (χ2v) is 19.7. The first kappa shape index (κ1) is 41.5. The van der Waals surface area contributed by atoms with Crippen molar-refractivity contribution in [3.63, 3.8) is 0 Å². The predicted octanol–water partition coefficient (Wildman–Crippen LogP) is 8.88. The zero-order chi connectivity index (χ0) is 37.8. The highest BCUT2D eigenvalue weighted by Crippen LogP contribution is 2.48. The Bertz CT molecular complexity index is 1260. The van der Waals surface area contributed by atoms with Gasteiger partial charge in [-0.3, -0.25) is 19.4 Å². The second-order valence-electron chi connectivity index (χ2n) is 19.7. The number of aliphatic hydroxyl groups excluding tert-OH is 1. The number of carbonyl (C=O) groups is 2. The molecule has 2 aliphatic rings. The highest BCUT2D eigenvalue weighted by molar-refractivity contribution is 6.01. The monoisotopic (exact) mass is 685 g/mol. The second kappa shape index (κ2) is 13.9. The van der Waals surface area contributed by atoms with E-state index >= 15 is 9.59 Å². The standard InChI is InChI=1S/C42H72N2O5/c1-18-19-22-42(34(46)48-31-20-23-38(8,9)43(16)40(31,12)13,35(47)49-32-21-24-39(10,11)44(17)41(32,14)15)33(45)28-25-29(36(2,3)4)27-30(26-28)37(5,6)7/h25-27,31-33,45H,18-24H2,1-17H3. The van der Waals surface area contributed by atoms with Crippen molar-refractivity contribution in [3.8, 4) is 0 Å². The number of ether oxygens (including phenoxy) is 2. The van der Waals surface area contributed by atoms with E-state index in [0.29, 0.717) is 24.8 Å². The van der Waals surface area contributed by atoms with Gasteiger partial charge in [0.25, 0.3) is 0 Å². The molecule has 0 saturated carbocycles. The third kappa shape index (κ3) is 8.09. The molecule has 3 atom stereocenters. The molecule has 49 heavy (non-hydrogen) atoms. The van der Waals surface area contributed by atoms with E-state index in [4.69, 9.17) is 9.47 Å². The molecule has 0 radical (unpaired) electrons. The van der Waals surface area contributed by atoms with Gasteiger partial charge < -0.3 is 14.6 Å². The molecule has 0 amide bonds. The Kier molecular flexibility index (Phi) is 11.7. The Balaban J connectivity index is 2.25. The van der Waals surface area contributed by atoms with Crippen LogP contribution in [0.5, 0.6) is 0 Å². The number of hydrogen-bond acceptors (Lipinski definition) is 7. The molecule has 280 valence electrons.